The van der Waals surface area contributed by atoms with Crippen LogP contribution in [0.3, 0.4) is 0 Å². The van der Waals surface area contributed by atoms with Crippen molar-refractivity contribution in [3.05, 3.63) is 7.43 Å². The summed E-state index contributed by atoms with van der Waals surface area (Å²) < 4.78 is 0. The van der Waals surface area contributed by atoms with Gasteiger partial charge < -0.3 is 0 Å². The normalized spacial score (nSPS) is 0. The van der Waals surface area contributed by atoms with Crippen LogP contribution in [0.1, 0.15) is 0 Å². The average Bonchev–Trinajstić information content (AvgIpc) is 0. The van der Waals surface area contributed by atoms with Gasteiger partial charge in [0, 0.05) is 60.4 Å². The smallest absolute Gasteiger partial charge is 0 e. The van der Waals surface area contributed by atoms with E-state index < -0.39 is 0 Å². The first kappa shape index (κ1) is 47.0. The second kappa shape index (κ2) is 23.5. The molecule has 0 N–H and O–H groups in total. The minimum Gasteiger partial charge on any atom is 0 e. The van der Waals surface area contributed by atoms with Gasteiger partial charge in [0.1, 0.15) is 0 Å². The van der Waals surface area contributed by atoms with Gasteiger partial charge in [-0.3, -0.25) is 0 Å². The van der Waals surface area contributed by atoms with Crippen molar-refractivity contribution in [2.24, 2.45) is 0 Å². The average molecular weight is 234 g/mol. The van der Waals surface area contributed by atoms with E-state index in [1.807, 2.05) is 0 Å². The third-order valence-corrected chi connectivity index (χ3v) is 0. The third kappa shape index (κ3) is 9.55. The molecule has 15 radical (unpaired) electrons. The zero-order valence-electron chi connectivity index (χ0n) is 1.95. The van der Waals surface area contributed by atoms with Crippen molar-refractivity contribution in [1.29, 1.82) is 0 Å². The van der Waals surface area contributed by atoms with E-state index in [-0.39, 0.29) is 60.4 Å². The summed E-state index contributed by atoms with van der Waals surface area (Å²) in [6.07, 6.45) is 0. The largest absolute Gasteiger partial charge is 0 e. The molecule has 0 aromatic heterocycles. The molecule has 4 heavy (non-hydrogen) atoms. The van der Waals surface area contributed by atoms with Gasteiger partial charge in [-0.1, -0.05) is 0 Å². The van der Waals surface area contributed by atoms with Gasteiger partial charge in [0.05, 0.1) is 0 Å². The van der Waals surface area contributed by atoms with Crippen LogP contribution in [0, 0.1) is 7.43 Å². The zero-order chi connectivity index (χ0) is 0. The Morgan fingerprint density at radius 1 is 1.00 bits per heavy atom. The van der Waals surface area contributed by atoms with Gasteiger partial charge in [-0.2, -0.15) is 0 Å². The van der Waals surface area contributed by atoms with Crippen molar-refractivity contribution >= 4 is 53.0 Å². The molecule has 0 rings (SSSR count). The monoisotopic (exact) mass is 235 g/mol. The van der Waals surface area contributed by atoms with Gasteiger partial charge in [-0.15, -0.1) is 0 Å². The number of rotatable bonds is 0. The molecule has 0 aromatic rings. The van der Waals surface area contributed by atoms with Gasteiger partial charge in [-0.05, 0) is 0 Å². The van der Waals surface area contributed by atoms with Crippen LogP contribution in [-0.4, -0.2) is 53.0 Å². The van der Waals surface area contributed by atoms with E-state index in [4.69, 9.17) is 0 Å². The van der Waals surface area contributed by atoms with Crippen LogP contribution >= 0.6 is 0 Å². The van der Waals surface area contributed by atoms with Gasteiger partial charge in [0.15, 0.2) is 0 Å². The van der Waals surface area contributed by atoms with E-state index in [1.165, 1.54) is 0 Å². The first-order chi connectivity index (χ1) is 0. The Hall–Kier alpha value is 1.58. The molecule has 0 bridgehead atoms. The molecule has 0 saturated carbocycles. The van der Waals surface area contributed by atoms with Crippen molar-refractivity contribution in [3.8, 4) is 0 Å². The van der Waals surface area contributed by atoms with E-state index in [0.29, 0.717) is 0 Å². The summed E-state index contributed by atoms with van der Waals surface area (Å²) >= 11 is 0. The maximum atomic E-state index is 0. The molecule has 0 heterocycles. The van der Waals surface area contributed by atoms with Crippen molar-refractivity contribution in [3.63, 3.8) is 0 Å². The van der Waals surface area contributed by atoms with Crippen molar-refractivity contribution < 1.29 is 0 Å². The van der Waals surface area contributed by atoms with Crippen LogP contribution in [0.2, 0.25) is 0 Å². The topological polar surface area (TPSA) is 0 Å². The molecule has 0 atom stereocenters. The fourth-order valence-electron chi connectivity index (χ4n) is 0. The molecule has 0 spiro atoms. The standard InChI is InChI=1S/C.Ge.Sb.Si. The summed E-state index contributed by atoms with van der Waals surface area (Å²) in [5.74, 6) is 0. The Morgan fingerprint density at radius 2 is 1.00 bits per heavy atom. The minimum absolute atomic E-state index is 0. The van der Waals surface area contributed by atoms with Crippen LogP contribution < -0.4 is 0 Å². The number of hydrogen-bond donors (Lipinski definition) is 0. The summed E-state index contributed by atoms with van der Waals surface area (Å²) in [6.45, 7) is 0. The fraction of sp³-hybridized carbons (Fsp3) is 0. The van der Waals surface area contributed by atoms with E-state index >= 15 is 0 Å². The predicted octanol–water partition coefficient (Wildman–Crippen LogP) is -1.06. The first-order valence-electron chi connectivity index (χ1n) is 0. The van der Waals surface area contributed by atoms with Crippen LogP contribution in [0.25, 0.3) is 0 Å². The summed E-state index contributed by atoms with van der Waals surface area (Å²) in [4.78, 5) is 0. The molecule has 0 aliphatic heterocycles. The van der Waals surface area contributed by atoms with Crippen LogP contribution in [0.4, 0.5) is 0 Å². The summed E-state index contributed by atoms with van der Waals surface area (Å²) in [6, 6.07) is 0. The molecular formula is CGeSbSi. The summed E-state index contributed by atoms with van der Waals surface area (Å²) in [5, 5.41) is 0. The van der Waals surface area contributed by atoms with Gasteiger partial charge >= 0.3 is 0 Å². The van der Waals surface area contributed by atoms with E-state index in [9.17, 15) is 0 Å². The predicted molar refractivity (Wildman–Crippen MR) is 20.5 cm³/mol. The molecule has 0 saturated heterocycles. The van der Waals surface area contributed by atoms with Crippen molar-refractivity contribution in [1.82, 2.24) is 0 Å². The first-order valence-corrected chi connectivity index (χ1v) is 0. The second-order valence-corrected chi connectivity index (χ2v) is 0. The van der Waals surface area contributed by atoms with E-state index in [1.54, 1.807) is 0 Å². The van der Waals surface area contributed by atoms with Crippen molar-refractivity contribution in [2.75, 3.05) is 0 Å². The third-order valence-electron chi connectivity index (χ3n) is 0. The maximum absolute atomic E-state index is 0. The Bertz CT molecular complexity index is 8.00. The Labute approximate surface area is 60.2 Å². The van der Waals surface area contributed by atoms with Gasteiger partial charge in [-0.25, -0.2) is 0 Å². The van der Waals surface area contributed by atoms with Crippen LogP contribution in [-0.2, 0) is 0 Å². The molecule has 0 aromatic carbocycles. The molecule has 0 unspecified atom stereocenters. The Balaban J connectivity index is 0. The van der Waals surface area contributed by atoms with Crippen LogP contribution in [0.15, 0.2) is 0 Å². The summed E-state index contributed by atoms with van der Waals surface area (Å²) in [7, 11) is 0. The molecule has 17 valence electrons. The molecule has 0 nitrogen and oxygen atoms in total. The molecule has 3 heteroatoms. The van der Waals surface area contributed by atoms with Crippen LogP contribution in [0.5, 0.6) is 0 Å². The SMILES string of the molecule is [C].[Ge].[Sb].[Si]. The summed E-state index contributed by atoms with van der Waals surface area (Å²) in [5.41, 5.74) is 0. The van der Waals surface area contributed by atoms with Crippen molar-refractivity contribution in [2.45, 2.75) is 0 Å². The van der Waals surface area contributed by atoms with E-state index in [2.05, 4.69) is 0 Å². The second-order valence-electron chi connectivity index (χ2n) is 0. The maximum Gasteiger partial charge on any atom is 0 e. The Morgan fingerprint density at radius 3 is 1.00 bits per heavy atom. The molecule has 0 aliphatic rings. The van der Waals surface area contributed by atoms with E-state index in [0.717, 1.165) is 0 Å². The number of hydrogen-bond acceptors (Lipinski definition) is 0. The minimum atomic E-state index is 0. The fourth-order valence-corrected chi connectivity index (χ4v) is 0. The molecule has 0 fully saturated rings. The van der Waals surface area contributed by atoms with Gasteiger partial charge in [0.25, 0.3) is 0 Å². The molecule has 0 amide bonds. The quantitative estimate of drug-likeness (QED) is 0.469. The Kier molecular flexibility index (Phi) is 276. The zero-order valence-corrected chi connectivity index (χ0v) is 7.60. The molecular weight excluding hydrogens is 234 g/mol. The molecule has 0 aliphatic carbocycles. The van der Waals surface area contributed by atoms with Gasteiger partial charge in [0.2, 0.25) is 0 Å².